The third-order valence-electron chi connectivity index (χ3n) is 3.59. The normalized spacial score (nSPS) is 11.2. The molecule has 25 heavy (non-hydrogen) atoms. The number of nitrogens with one attached hydrogen (secondary N) is 1. The summed E-state index contributed by atoms with van der Waals surface area (Å²) in [5.74, 6) is 0.436. The second-order valence-electron chi connectivity index (χ2n) is 5.13. The van der Waals surface area contributed by atoms with Gasteiger partial charge in [-0.1, -0.05) is 6.07 Å². The van der Waals surface area contributed by atoms with E-state index >= 15 is 0 Å². The average molecular weight is 369 g/mol. The van der Waals surface area contributed by atoms with Crippen molar-refractivity contribution in [2.45, 2.75) is 11.3 Å². The van der Waals surface area contributed by atoms with Crippen LogP contribution >= 0.6 is 0 Å². The molecule has 0 aromatic heterocycles. The van der Waals surface area contributed by atoms with Gasteiger partial charge < -0.3 is 14.2 Å². The molecule has 2 aromatic rings. The summed E-state index contributed by atoms with van der Waals surface area (Å²) >= 11 is 0. The highest BCUT2D eigenvalue weighted by Crippen LogP contribution is 2.27. The predicted octanol–water partition coefficient (Wildman–Crippen LogP) is 2.37. The topological polar surface area (TPSA) is 73.9 Å². The van der Waals surface area contributed by atoms with Crippen LogP contribution in [0.5, 0.6) is 17.2 Å². The minimum Gasteiger partial charge on any atom is -0.494 e. The fourth-order valence-electron chi connectivity index (χ4n) is 2.26. The molecular weight excluding hydrogens is 349 g/mol. The summed E-state index contributed by atoms with van der Waals surface area (Å²) in [7, 11) is 0.594. The maximum absolute atomic E-state index is 13.4. The number of hydrogen-bond donors (Lipinski definition) is 1. The zero-order valence-corrected chi connectivity index (χ0v) is 15.0. The Morgan fingerprint density at radius 2 is 1.60 bits per heavy atom. The van der Waals surface area contributed by atoms with Crippen molar-refractivity contribution in [3.8, 4) is 17.2 Å². The van der Waals surface area contributed by atoms with E-state index in [0.29, 0.717) is 17.9 Å². The highest BCUT2D eigenvalue weighted by Gasteiger charge is 2.16. The van der Waals surface area contributed by atoms with Crippen LogP contribution in [-0.4, -0.2) is 36.3 Å². The van der Waals surface area contributed by atoms with Crippen LogP contribution in [0.2, 0.25) is 0 Å². The van der Waals surface area contributed by atoms with Crippen LogP contribution in [0, 0.1) is 5.82 Å². The minimum absolute atomic E-state index is 0.0574. The van der Waals surface area contributed by atoms with Crippen LogP contribution in [0.4, 0.5) is 4.39 Å². The van der Waals surface area contributed by atoms with Gasteiger partial charge in [0.2, 0.25) is 10.0 Å². The predicted molar refractivity (Wildman–Crippen MR) is 91.4 cm³/mol. The second kappa shape index (κ2) is 8.17. The van der Waals surface area contributed by atoms with Gasteiger partial charge in [-0.25, -0.2) is 17.5 Å². The third-order valence-corrected chi connectivity index (χ3v) is 5.05. The van der Waals surface area contributed by atoms with E-state index in [1.807, 2.05) is 6.07 Å². The molecule has 0 amide bonds. The molecule has 2 aromatic carbocycles. The Kier molecular flexibility index (Phi) is 6.22. The van der Waals surface area contributed by atoms with E-state index in [2.05, 4.69) is 4.72 Å². The van der Waals surface area contributed by atoms with Crippen molar-refractivity contribution >= 4 is 10.0 Å². The molecule has 0 heterocycles. The zero-order valence-electron chi connectivity index (χ0n) is 14.2. The highest BCUT2D eigenvalue weighted by atomic mass is 32.2. The van der Waals surface area contributed by atoms with Gasteiger partial charge in [-0.15, -0.1) is 0 Å². The largest absolute Gasteiger partial charge is 0.494 e. The van der Waals surface area contributed by atoms with E-state index in [-0.39, 0.29) is 17.2 Å². The Labute approximate surface area is 146 Å². The Balaban J connectivity index is 2.05. The van der Waals surface area contributed by atoms with Gasteiger partial charge in [-0.05, 0) is 36.2 Å². The van der Waals surface area contributed by atoms with Crippen molar-refractivity contribution in [1.82, 2.24) is 4.72 Å². The molecule has 0 spiro atoms. The Morgan fingerprint density at radius 1 is 0.920 bits per heavy atom. The van der Waals surface area contributed by atoms with Gasteiger partial charge in [0.05, 0.1) is 26.2 Å². The summed E-state index contributed by atoms with van der Waals surface area (Å²) in [6, 6.07) is 8.77. The van der Waals surface area contributed by atoms with E-state index < -0.39 is 15.8 Å². The van der Waals surface area contributed by atoms with Crippen molar-refractivity contribution in [2.75, 3.05) is 27.9 Å². The van der Waals surface area contributed by atoms with Gasteiger partial charge in [-0.2, -0.15) is 0 Å². The second-order valence-corrected chi connectivity index (χ2v) is 6.90. The standard InChI is InChI=1S/C17H20FNO5S/c1-22-15-7-4-12(10-17(15)24-3)8-9-19-25(20,21)13-5-6-14(18)16(11-13)23-2/h4-7,10-11,19H,8-9H2,1-3H3. The molecule has 0 aliphatic carbocycles. The quantitative estimate of drug-likeness (QED) is 0.773. The molecule has 0 bridgehead atoms. The van der Waals surface area contributed by atoms with Gasteiger partial charge in [0.25, 0.3) is 0 Å². The average Bonchev–Trinajstić information content (AvgIpc) is 2.61. The number of benzene rings is 2. The van der Waals surface area contributed by atoms with Gasteiger partial charge in [0.15, 0.2) is 23.1 Å². The van der Waals surface area contributed by atoms with Crippen molar-refractivity contribution in [2.24, 2.45) is 0 Å². The molecular formula is C17H20FNO5S. The number of sulfonamides is 1. The molecule has 2 rings (SSSR count). The van der Waals surface area contributed by atoms with Gasteiger partial charge >= 0.3 is 0 Å². The first-order valence-corrected chi connectivity index (χ1v) is 8.93. The third kappa shape index (κ3) is 4.61. The minimum atomic E-state index is -3.76. The number of halogens is 1. The van der Waals surface area contributed by atoms with Crippen molar-refractivity contribution < 1.29 is 27.0 Å². The maximum atomic E-state index is 13.4. The first kappa shape index (κ1) is 19.0. The molecule has 0 saturated carbocycles. The monoisotopic (exact) mass is 369 g/mol. The lowest BCUT2D eigenvalue weighted by atomic mass is 10.1. The first-order chi connectivity index (χ1) is 11.9. The Morgan fingerprint density at radius 3 is 2.24 bits per heavy atom. The molecule has 136 valence electrons. The fourth-order valence-corrected chi connectivity index (χ4v) is 3.30. The van der Waals surface area contributed by atoms with Gasteiger partial charge in [-0.3, -0.25) is 0 Å². The molecule has 0 atom stereocenters. The van der Waals surface area contributed by atoms with E-state index in [9.17, 15) is 12.8 Å². The van der Waals surface area contributed by atoms with Crippen LogP contribution in [0.3, 0.4) is 0 Å². The molecule has 0 radical (unpaired) electrons. The van der Waals surface area contributed by atoms with Gasteiger partial charge in [0.1, 0.15) is 0 Å². The maximum Gasteiger partial charge on any atom is 0.240 e. The molecule has 0 aliphatic rings. The fraction of sp³-hybridized carbons (Fsp3) is 0.294. The lowest BCUT2D eigenvalue weighted by Gasteiger charge is -2.11. The molecule has 6 nitrogen and oxygen atoms in total. The van der Waals surface area contributed by atoms with Crippen LogP contribution < -0.4 is 18.9 Å². The summed E-state index contributed by atoms with van der Waals surface area (Å²) < 4.78 is 55.7. The van der Waals surface area contributed by atoms with Crippen molar-refractivity contribution in [1.29, 1.82) is 0 Å². The molecule has 0 aliphatic heterocycles. The summed E-state index contributed by atoms with van der Waals surface area (Å²) in [6.45, 7) is 0.178. The summed E-state index contributed by atoms with van der Waals surface area (Å²) in [5, 5.41) is 0. The number of methoxy groups -OCH3 is 3. The number of rotatable bonds is 8. The lowest BCUT2D eigenvalue weighted by Crippen LogP contribution is -2.26. The van der Waals surface area contributed by atoms with E-state index in [4.69, 9.17) is 14.2 Å². The smallest absolute Gasteiger partial charge is 0.240 e. The molecule has 0 saturated heterocycles. The first-order valence-electron chi connectivity index (χ1n) is 7.45. The lowest BCUT2D eigenvalue weighted by molar-refractivity contribution is 0.354. The molecule has 0 fully saturated rings. The number of ether oxygens (including phenoxy) is 3. The van der Waals surface area contributed by atoms with Crippen molar-refractivity contribution in [3.05, 3.63) is 47.8 Å². The van der Waals surface area contributed by atoms with E-state index in [0.717, 1.165) is 17.7 Å². The van der Waals surface area contributed by atoms with Crippen LogP contribution in [0.25, 0.3) is 0 Å². The molecule has 0 unspecified atom stereocenters. The van der Waals surface area contributed by atoms with E-state index in [1.165, 1.54) is 20.3 Å². The Bertz CT molecular complexity index is 839. The molecule has 1 N–H and O–H groups in total. The van der Waals surface area contributed by atoms with Crippen molar-refractivity contribution in [3.63, 3.8) is 0 Å². The van der Waals surface area contributed by atoms with Crippen LogP contribution in [-0.2, 0) is 16.4 Å². The van der Waals surface area contributed by atoms with E-state index in [1.54, 1.807) is 19.2 Å². The van der Waals surface area contributed by atoms with Crippen LogP contribution in [0.1, 0.15) is 5.56 Å². The Hall–Kier alpha value is -2.32. The zero-order chi connectivity index (χ0) is 18.4. The summed E-state index contributed by atoms with van der Waals surface area (Å²) in [5.41, 5.74) is 0.886. The highest BCUT2D eigenvalue weighted by molar-refractivity contribution is 7.89. The molecule has 8 heteroatoms. The number of hydrogen-bond acceptors (Lipinski definition) is 5. The SMILES string of the molecule is COc1cc(S(=O)(=O)NCCc2ccc(OC)c(OC)c2)ccc1F. The summed E-state index contributed by atoms with van der Waals surface area (Å²) in [6.07, 6.45) is 0.456. The van der Waals surface area contributed by atoms with Crippen LogP contribution in [0.15, 0.2) is 41.3 Å². The van der Waals surface area contributed by atoms with Gasteiger partial charge in [0, 0.05) is 12.6 Å². The summed E-state index contributed by atoms with van der Waals surface area (Å²) in [4.78, 5) is -0.0574.